The fourth-order valence-corrected chi connectivity index (χ4v) is 3.00. The Kier molecular flexibility index (Phi) is 3.22. The van der Waals surface area contributed by atoms with E-state index in [9.17, 15) is 13.6 Å². The van der Waals surface area contributed by atoms with E-state index in [1.807, 2.05) is 0 Å². The van der Waals surface area contributed by atoms with Gasteiger partial charge in [-0.25, -0.2) is 8.78 Å². The first-order valence-electron chi connectivity index (χ1n) is 6.61. The summed E-state index contributed by atoms with van der Waals surface area (Å²) in [5, 5.41) is 3.35. The van der Waals surface area contributed by atoms with Crippen molar-refractivity contribution in [2.45, 2.75) is 25.4 Å². The highest BCUT2D eigenvalue weighted by molar-refractivity contribution is 5.82. The molecule has 0 saturated carbocycles. The van der Waals surface area contributed by atoms with Gasteiger partial charge in [0, 0.05) is 19.1 Å². The van der Waals surface area contributed by atoms with E-state index in [1.54, 1.807) is 4.90 Å². The predicted octanol–water partition coefficient (Wildman–Crippen LogP) is 1.68. The summed E-state index contributed by atoms with van der Waals surface area (Å²) in [6, 6.07) is 4.02. The Labute approximate surface area is 110 Å². The van der Waals surface area contributed by atoms with Crippen LogP contribution < -0.4 is 5.32 Å². The zero-order valence-electron chi connectivity index (χ0n) is 10.5. The van der Waals surface area contributed by atoms with E-state index >= 15 is 0 Å². The molecule has 2 saturated heterocycles. The van der Waals surface area contributed by atoms with Crippen LogP contribution in [0.1, 0.15) is 18.4 Å². The van der Waals surface area contributed by atoms with Crippen molar-refractivity contribution in [1.29, 1.82) is 0 Å². The van der Waals surface area contributed by atoms with Crippen molar-refractivity contribution < 1.29 is 13.6 Å². The van der Waals surface area contributed by atoms with Crippen LogP contribution in [-0.2, 0) is 11.3 Å². The normalized spacial score (nSPS) is 26.6. The van der Waals surface area contributed by atoms with Gasteiger partial charge in [-0.3, -0.25) is 4.79 Å². The molecule has 3 rings (SSSR count). The van der Waals surface area contributed by atoms with Gasteiger partial charge in [-0.1, -0.05) is 6.07 Å². The van der Waals surface area contributed by atoms with Crippen LogP contribution >= 0.6 is 0 Å². The molecule has 102 valence electrons. The van der Waals surface area contributed by atoms with Gasteiger partial charge in [-0.15, -0.1) is 0 Å². The maximum absolute atomic E-state index is 13.2. The van der Waals surface area contributed by atoms with Crippen LogP contribution in [-0.4, -0.2) is 29.9 Å². The quantitative estimate of drug-likeness (QED) is 0.883. The monoisotopic (exact) mass is 266 g/mol. The molecule has 2 aliphatic rings. The van der Waals surface area contributed by atoms with Gasteiger partial charge in [-0.05, 0) is 37.1 Å². The van der Waals surface area contributed by atoms with Crippen LogP contribution in [0.5, 0.6) is 0 Å². The summed E-state index contributed by atoms with van der Waals surface area (Å²) in [6.07, 6.45) is 1.94. The summed E-state index contributed by atoms with van der Waals surface area (Å²) in [5.74, 6) is -1.53. The molecule has 0 aromatic heterocycles. The van der Waals surface area contributed by atoms with Crippen molar-refractivity contribution >= 4 is 5.91 Å². The van der Waals surface area contributed by atoms with Gasteiger partial charge in [0.2, 0.25) is 5.91 Å². The van der Waals surface area contributed by atoms with E-state index in [2.05, 4.69) is 5.32 Å². The fraction of sp³-hybridized carbons (Fsp3) is 0.500. The standard InChI is InChI=1S/C14H16F2N2O/c15-11-4-3-9(6-12(11)16)7-18-8-13-10(14(18)19)2-1-5-17-13/h3-4,6,10,13,17H,1-2,5,7-8H2. The molecule has 0 aliphatic carbocycles. The van der Waals surface area contributed by atoms with Crippen molar-refractivity contribution in [2.75, 3.05) is 13.1 Å². The first-order chi connectivity index (χ1) is 9.15. The maximum Gasteiger partial charge on any atom is 0.227 e. The molecule has 0 radical (unpaired) electrons. The molecule has 2 aliphatic heterocycles. The number of amides is 1. The molecule has 2 atom stereocenters. The number of nitrogens with one attached hydrogen (secondary N) is 1. The van der Waals surface area contributed by atoms with Crippen LogP contribution in [0.25, 0.3) is 0 Å². The number of fused-ring (bicyclic) bond motifs is 1. The van der Waals surface area contributed by atoms with Crippen LogP contribution in [0.2, 0.25) is 0 Å². The highest BCUT2D eigenvalue weighted by Gasteiger charge is 2.41. The van der Waals surface area contributed by atoms with Gasteiger partial charge in [0.25, 0.3) is 0 Å². The van der Waals surface area contributed by atoms with E-state index in [0.29, 0.717) is 18.7 Å². The third-order valence-electron chi connectivity index (χ3n) is 3.99. The third kappa shape index (κ3) is 2.34. The molecule has 5 heteroatoms. The maximum atomic E-state index is 13.2. The first-order valence-corrected chi connectivity index (χ1v) is 6.61. The lowest BCUT2D eigenvalue weighted by molar-refractivity contribution is -0.131. The van der Waals surface area contributed by atoms with E-state index in [-0.39, 0.29) is 17.9 Å². The number of nitrogens with zero attached hydrogens (tertiary/aromatic N) is 1. The van der Waals surface area contributed by atoms with E-state index in [1.165, 1.54) is 6.07 Å². The van der Waals surface area contributed by atoms with E-state index in [4.69, 9.17) is 0 Å². The Morgan fingerprint density at radius 2 is 2.16 bits per heavy atom. The highest BCUT2D eigenvalue weighted by Crippen LogP contribution is 2.27. The Balaban J connectivity index is 1.73. The summed E-state index contributed by atoms with van der Waals surface area (Å²) in [7, 11) is 0. The summed E-state index contributed by atoms with van der Waals surface area (Å²) < 4.78 is 26.0. The molecule has 1 aromatic rings. The molecule has 1 aromatic carbocycles. The number of likely N-dealkylation sites (tertiary alicyclic amines) is 1. The SMILES string of the molecule is O=C1C2CCCNC2CN1Cc1ccc(F)c(F)c1. The molecule has 3 nitrogen and oxygen atoms in total. The largest absolute Gasteiger partial charge is 0.336 e. The second-order valence-electron chi connectivity index (χ2n) is 5.28. The molecule has 2 unspecified atom stereocenters. The third-order valence-corrected chi connectivity index (χ3v) is 3.99. The minimum Gasteiger partial charge on any atom is -0.336 e. The molecule has 2 fully saturated rings. The predicted molar refractivity (Wildman–Crippen MR) is 66.3 cm³/mol. The lowest BCUT2D eigenvalue weighted by Gasteiger charge is -2.23. The van der Waals surface area contributed by atoms with Gasteiger partial charge >= 0.3 is 0 Å². The Hall–Kier alpha value is -1.49. The zero-order chi connectivity index (χ0) is 13.4. The van der Waals surface area contributed by atoms with Crippen LogP contribution in [0, 0.1) is 17.6 Å². The van der Waals surface area contributed by atoms with Crippen molar-refractivity contribution in [1.82, 2.24) is 10.2 Å². The van der Waals surface area contributed by atoms with E-state index in [0.717, 1.165) is 31.5 Å². The second kappa shape index (κ2) is 4.89. The number of hydrogen-bond acceptors (Lipinski definition) is 2. The number of benzene rings is 1. The number of piperidine rings is 1. The average Bonchev–Trinajstić information content (AvgIpc) is 2.72. The topological polar surface area (TPSA) is 32.3 Å². The van der Waals surface area contributed by atoms with Crippen LogP contribution in [0.15, 0.2) is 18.2 Å². The van der Waals surface area contributed by atoms with Gasteiger partial charge in [0.1, 0.15) is 0 Å². The Morgan fingerprint density at radius 1 is 1.32 bits per heavy atom. The molecule has 0 bridgehead atoms. The molecule has 0 spiro atoms. The molecular weight excluding hydrogens is 250 g/mol. The minimum absolute atomic E-state index is 0.0547. The zero-order valence-corrected chi connectivity index (χ0v) is 10.5. The average molecular weight is 266 g/mol. The number of carbonyl (C=O) groups is 1. The van der Waals surface area contributed by atoms with Crippen molar-refractivity contribution in [3.8, 4) is 0 Å². The number of halogens is 2. The minimum atomic E-state index is -0.861. The molecular formula is C14H16F2N2O. The molecule has 1 amide bonds. The number of hydrogen-bond donors (Lipinski definition) is 1. The van der Waals surface area contributed by atoms with Gasteiger partial charge < -0.3 is 10.2 Å². The molecule has 2 heterocycles. The van der Waals surface area contributed by atoms with Gasteiger partial charge in [-0.2, -0.15) is 0 Å². The number of carbonyl (C=O) groups excluding carboxylic acids is 1. The smallest absolute Gasteiger partial charge is 0.227 e. The number of rotatable bonds is 2. The van der Waals surface area contributed by atoms with Crippen molar-refractivity contribution in [2.24, 2.45) is 5.92 Å². The summed E-state index contributed by atoms with van der Waals surface area (Å²) >= 11 is 0. The highest BCUT2D eigenvalue weighted by atomic mass is 19.2. The Morgan fingerprint density at radius 3 is 2.89 bits per heavy atom. The van der Waals surface area contributed by atoms with Crippen LogP contribution in [0.4, 0.5) is 8.78 Å². The lowest BCUT2D eigenvalue weighted by Crippen LogP contribution is -2.41. The first kappa shape index (κ1) is 12.5. The van der Waals surface area contributed by atoms with Gasteiger partial charge in [0.15, 0.2) is 11.6 Å². The summed E-state index contributed by atoms with van der Waals surface area (Å²) in [6.45, 7) is 1.96. The van der Waals surface area contributed by atoms with Crippen molar-refractivity contribution in [3.05, 3.63) is 35.4 Å². The summed E-state index contributed by atoms with van der Waals surface area (Å²) in [5.41, 5.74) is 0.630. The molecule has 19 heavy (non-hydrogen) atoms. The van der Waals surface area contributed by atoms with E-state index < -0.39 is 11.6 Å². The van der Waals surface area contributed by atoms with Gasteiger partial charge in [0.05, 0.1) is 5.92 Å². The second-order valence-corrected chi connectivity index (χ2v) is 5.28. The lowest BCUT2D eigenvalue weighted by atomic mass is 9.94. The Bertz CT molecular complexity index is 506. The molecule has 1 N–H and O–H groups in total. The fourth-order valence-electron chi connectivity index (χ4n) is 3.00. The summed E-state index contributed by atoms with van der Waals surface area (Å²) in [4.78, 5) is 14.0. The van der Waals surface area contributed by atoms with Crippen molar-refractivity contribution in [3.63, 3.8) is 0 Å². The van der Waals surface area contributed by atoms with Crippen LogP contribution in [0.3, 0.4) is 0 Å².